The summed E-state index contributed by atoms with van der Waals surface area (Å²) in [5.74, 6) is 2.49. The fourth-order valence-corrected chi connectivity index (χ4v) is 2.58. The van der Waals surface area contributed by atoms with Crippen LogP contribution in [-0.2, 0) is 6.42 Å². The lowest BCUT2D eigenvalue weighted by molar-refractivity contribution is -0.275. The maximum atomic E-state index is 14.6. The van der Waals surface area contributed by atoms with Crippen molar-refractivity contribution in [1.82, 2.24) is 0 Å². The molecule has 3 rings (SSSR count). The number of hydrogen-bond acceptors (Lipinski definition) is 1. The van der Waals surface area contributed by atoms with Gasteiger partial charge < -0.3 is 4.74 Å². The normalized spacial score (nSPS) is 11.2. The van der Waals surface area contributed by atoms with Gasteiger partial charge in [-0.2, -0.15) is 0 Å². The first-order valence-electron chi connectivity index (χ1n) is 8.05. The van der Waals surface area contributed by atoms with Crippen molar-refractivity contribution in [3.05, 3.63) is 76.9 Å². The van der Waals surface area contributed by atoms with Crippen LogP contribution < -0.4 is 4.74 Å². The highest BCUT2D eigenvalue weighted by molar-refractivity contribution is 5.85. The van der Waals surface area contributed by atoms with Crippen molar-refractivity contribution in [1.29, 1.82) is 0 Å². The molecule has 3 aromatic carbocycles. The molecule has 0 aliphatic heterocycles. The van der Waals surface area contributed by atoms with Gasteiger partial charge >= 0.3 is 6.36 Å². The first kappa shape index (κ1) is 18.7. The molecule has 0 N–H and O–H groups in total. The predicted octanol–water partition coefficient (Wildman–Crippen LogP) is 5.98. The second-order valence-electron chi connectivity index (χ2n) is 5.78. The Bertz CT molecular complexity index is 1060. The highest BCUT2D eigenvalue weighted by atomic mass is 19.4. The second-order valence-corrected chi connectivity index (χ2v) is 5.78. The Labute approximate surface area is 152 Å². The summed E-state index contributed by atoms with van der Waals surface area (Å²) >= 11 is 0. The summed E-state index contributed by atoms with van der Waals surface area (Å²) < 4.78 is 68.3. The Balaban J connectivity index is 1.91. The van der Waals surface area contributed by atoms with E-state index in [1.807, 2.05) is 19.1 Å². The van der Waals surface area contributed by atoms with Gasteiger partial charge in [0.1, 0.15) is 5.82 Å². The van der Waals surface area contributed by atoms with Crippen LogP contribution in [0.3, 0.4) is 0 Å². The van der Waals surface area contributed by atoms with E-state index < -0.39 is 23.7 Å². The zero-order valence-corrected chi connectivity index (χ0v) is 14.1. The Morgan fingerprint density at radius 2 is 1.70 bits per heavy atom. The Morgan fingerprint density at radius 1 is 0.926 bits per heavy atom. The van der Waals surface area contributed by atoms with Crippen LogP contribution in [0, 0.1) is 23.5 Å². The lowest BCUT2D eigenvalue weighted by Crippen LogP contribution is -2.17. The minimum Gasteiger partial charge on any atom is -0.403 e. The average molecular weight is 376 g/mol. The van der Waals surface area contributed by atoms with Gasteiger partial charge in [-0.15, -0.1) is 13.2 Å². The van der Waals surface area contributed by atoms with Crippen LogP contribution in [0.25, 0.3) is 10.8 Å². The Kier molecular flexibility index (Phi) is 5.04. The van der Waals surface area contributed by atoms with Crippen LogP contribution in [0.4, 0.5) is 22.0 Å². The zero-order chi connectivity index (χ0) is 19.6. The van der Waals surface area contributed by atoms with Gasteiger partial charge in [-0.05, 0) is 41.6 Å². The summed E-state index contributed by atoms with van der Waals surface area (Å²) in [7, 11) is 0. The molecule has 0 aliphatic rings. The number of benzene rings is 3. The monoisotopic (exact) mass is 376 g/mol. The molecular formula is C21H13F5O. The third-order valence-corrected chi connectivity index (χ3v) is 3.93. The molecule has 0 fully saturated rings. The Morgan fingerprint density at radius 3 is 2.37 bits per heavy atom. The maximum Gasteiger partial charge on any atom is 0.573 e. The second kappa shape index (κ2) is 7.28. The Hall–Kier alpha value is -3.07. The summed E-state index contributed by atoms with van der Waals surface area (Å²) in [6, 6.07) is 11.5. The van der Waals surface area contributed by atoms with E-state index >= 15 is 0 Å². The fourth-order valence-electron chi connectivity index (χ4n) is 2.58. The van der Waals surface area contributed by atoms with E-state index in [2.05, 4.69) is 16.6 Å². The molecule has 3 aromatic rings. The summed E-state index contributed by atoms with van der Waals surface area (Å²) in [6.07, 6.45) is -4.15. The first-order chi connectivity index (χ1) is 12.8. The zero-order valence-electron chi connectivity index (χ0n) is 14.1. The van der Waals surface area contributed by atoms with Crippen molar-refractivity contribution in [2.24, 2.45) is 0 Å². The molecule has 0 heterocycles. The van der Waals surface area contributed by atoms with Gasteiger partial charge in [0, 0.05) is 10.9 Å². The molecule has 0 aliphatic carbocycles. The van der Waals surface area contributed by atoms with Crippen molar-refractivity contribution in [3.8, 4) is 17.6 Å². The van der Waals surface area contributed by atoms with Crippen molar-refractivity contribution in [2.75, 3.05) is 0 Å². The lowest BCUT2D eigenvalue weighted by Gasteiger charge is -2.09. The van der Waals surface area contributed by atoms with Crippen LogP contribution in [0.1, 0.15) is 23.6 Å². The van der Waals surface area contributed by atoms with Gasteiger partial charge in [0.05, 0.1) is 5.56 Å². The van der Waals surface area contributed by atoms with E-state index in [-0.39, 0.29) is 11.1 Å². The molecule has 0 aromatic heterocycles. The van der Waals surface area contributed by atoms with Crippen LogP contribution in [-0.4, -0.2) is 6.36 Å². The van der Waals surface area contributed by atoms with Crippen molar-refractivity contribution >= 4 is 10.8 Å². The number of alkyl halides is 3. The van der Waals surface area contributed by atoms with Crippen LogP contribution >= 0.6 is 0 Å². The number of halogens is 5. The van der Waals surface area contributed by atoms with Gasteiger partial charge in [-0.25, -0.2) is 8.78 Å². The number of fused-ring (bicyclic) bond motifs is 1. The minimum absolute atomic E-state index is 0.0999. The average Bonchev–Trinajstić information content (AvgIpc) is 2.62. The molecule has 6 heteroatoms. The molecule has 0 bridgehead atoms. The highest BCUT2D eigenvalue weighted by Crippen LogP contribution is 2.26. The van der Waals surface area contributed by atoms with E-state index in [0.29, 0.717) is 5.39 Å². The molecule has 1 nitrogen and oxygen atoms in total. The van der Waals surface area contributed by atoms with Crippen LogP contribution in [0.15, 0.2) is 48.5 Å². The van der Waals surface area contributed by atoms with E-state index in [4.69, 9.17) is 0 Å². The topological polar surface area (TPSA) is 9.23 Å². The molecule has 0 saturated heterocycles. The molecule has 0 atom stereocenters. The van der Waals surface area contributed by atoms with Crippen LogP contribution in [0.2, 0.25) is 0 Å². The third-order valence-electron chi connectivity index (χ3n) is 3.93. The van der Waals surface area contributed by atoms with Gasteiger partial charge in [-0.1, -0.05) is 43.0 Å². The van der Waals surface area contributed by atoms with Crippen molar-refractivity contribution < 1.29 is 26.7 Å². The maximum absolute atomic E-state index is 14.6. The molecule has 0 radical (unpaired) electrons. The van der Waals surface area contributed by atoms with E-state index in [1.165, 1.54) is 12.1 Å². The number of aryl methyl sites for hydroxylation is 1. The molecular weight excluding hydrogens is 363 g/mol. The molecule has 27 heavy (non-hydrogen) atoms. The number of rotatable bonds is 2. The largest absolute Gasteiger partial charge is 0.573 e. The standard InChI is InChI=1S/C21H13F5O/c1-2-13-4-9-17-16(11-13)8-7-15(20(17)23)6-3-14-5-10-19(18(22)12-14)27-21(24,25)26/h4-5,7-12H,2H2,1H3. The summed E-state index contributed by atoms with van der Waals surface area (Å²) in [5.41, 5.74) is 1.29. The SMILES string of the molecule is CCc1ccc2c(F)c(C#Cc3ccc(OC(F)(F)F)c(F)c3)ccc2c1. The van der Waals surface area contributed by atoms with Gasteiger partial charge in [0.2, 0.25) is 0 Å². The smallest absolute Gasteiger partial charge is 0.403 e. The van der Waals surface area contributed by atoms with E-state index in [0.717, 1.165) is 29.5 Å². The third kappa shape index (κ3) is 4.37. The first-order valence-corrected chi connectivity index (χ1v) is 8.05. The van der Waals surface area contributed by atoms with Crippen molar-refractivity contribution in [2.45, 2.75) is 19.7 Å². The van der Waals surface area contributed by atoms with Crippen LogP contribution in [0.5, 0.6) is 5.75 Å². The molecule has 0 amide bonds. The molecule has 0 unspecified atom stereocenters. The lowest BCUT2D eigenvalue weighted by atomic mass is 10.0. The highest BCUT2D eigenvalue weighted by Gasteiger charge is 2.32. The number of hydrogen-bond donors (Lipinski definition) is 0. The molecule has 0 spiro atoms. The fraction of sp³-hybridized carbons (Fsp3) is 0.143. The minimum atomic E-state index is -4.99. The van der Waals surface area contributed by atoms with Gasteiger partial charge in [0.15, 0.2) is 11.6 Å². The summed E-state index contributed by atoms with van der Waals surface area (Å²) in [5, 5.41) is 1.16. The van der Waals surface area contributed by atoms with E-state index in [9.17, 15) is 22.0 Å². The molecule has 138 valence electrons. The number of ether oxygens (including phenoxy) is 1. The van der Waals surface area contributed by atoms with E-state index in [1.54, 1.807) is 12.1 Å². The van der Waals surface area contributed by atoms with Gasteiger partial charge in [-0.3, -0.25) is 0 Å². The summed E-state index contributed by atoms with van der Waals surface area (Å²) in [4.78, 5) is 0. The van der Waals surface area contributed by atoms with Crippen molar-refractivity contribution in [3.63, 3.8) is 0 Å². The molecule has 0 saturated carbocycles. The van der Waals surface area contributed by atoms with Gasteiger partial charge in [0.25, 0.3) is 0 Å². The predicted molar refractivity (Wildman–Crippen MR) is 92.3 cm³/mol. The quantitative estimate of drug-likeness (QED) is 0.395. The summed E-state index contributed by atoms with van der Waals surface area (Å²) in [6.45, 7) is 2.00.